The van der Waals surface area contributed by atoms with Crippen molar-refractivity contribution >= 4 is 17.1 Å². The highest BCUT2D eigenvalue weighted by atomic mass is 19.1. The van der Waals surface area contributed by atoms with E-state index in [9.17, 15) is 8.78 Å². The summed E-state index contributed by atoms with van der Waals surface area (Å²) in [5, 5.41) is 2.70. The van der Waals surface area contributed by atoms with E-state index in [2.05, 4.69) is 5.32 Å². The van der Waals surface area contributed by atoms with E-state index in [0.29, 0.717) is 22.7 Å². The van der Waals surface area contributed by atoms with Crippen LogP contribution in [0.1, 0.15) is 5.56 Å². The fraction of sp³-hybridized carbons (Fsp3) is 0.143. The summed E-state index contributed by atoms with van der Waals surface area (Å²) in [6.07, 6.45) is 0. The van der Waals surface area contributed by atoms with Gasteiger partial charge < -0.3 is 15.8 Å². The summed E-state index contributed by atoms with van der Waals surface area (Å²) in [6.45, 7) is 1.57. The number of halogens is 2. The van der Waals surface area contributed by atoms with Crippen molar-refractivity contribution in [1.82, 2.24) is 0 Å². The largest absolute Gasteiger partial charge is 0.495 e. The van der Waals surface area contributed by atoms with Crippen LogP contribution < -0.4 is 15.8 Å². The highest BCUT2D eigenvalue weighted by Crippen LogP contribution is 2.30. The van der Waals surface area contributed by atoms with Crippen LogP contribution >= 0.6 is 0 Å². The van der Waals surface area contributed by atoms with Crippen molar-refractivity contribution in [2.45, 2.75) is 6.92 Å². The van der Waals surface area contributed by atoms with Gasteiger partial charge in [-0.3, -0.25) is 0 Å². The van der Waals surface area contributed by atoms with Gasteiger partial charge in [-0.2, -0.15) is 0 Å². The Bertz CT molecular complexity index is 615. The quantitative estimate of drug-likeness (QED) is 0.832. The molecule has 3 N–H and O–H groups in total. The summed E-state index contributed by atoms with van der Waals surface area (Å²) in [5.74, 6) is -0.826. The molecule has 19 heavy (non-hydrogen) atoms. The van der Waals surface area contributed by atoms with Crippen LogP contribution in [0.15, 0.2) is 30.3 Å². The highest BCUT2D eigenvalue weighted by Gasteiger charge is 2.12. The van der Waals surface area contributed by atoms with Crippen LogP contribution in [0.3, 0.4) is 0 Å². The third kappa shape index (κ3) is 2.59. The molecule has 5 heteroatoms. The SMILES string of the molecule is COc1cc(Nc2c(F)ccc(C)c2F)ccc1N. The molecule has 0 fully saturated rings. The zero-order chi connectivity index (χ0) is 14.0. The van der Waals surface area contributed by atoms with Crippen molar-refractivity contribution in [3.05, 3.63) is 47.5 Å². The van der Waals surface area contributed by atoms with Crippen LogP contribution in [0, 0.1) is 18.6 Å². The first-order valence-electron chi connectivity index (χ1n) is 5.68. The van der Waals surface area contributed by atoms with Gasteiger partial charge in [-0.05, 0) is 30.7 Å². The number of rotatable bonds is 3. The second kappa shape index (κ2) is 5.14. The molecule has 0 spiro atoms. The predicted molar refractivity (Wildman–Crippen MR) is 71.8 cm³/mol. The maximum atomic E-state index is 13.9. The smallest absolute Gasteiger partial charge is 0.152 e. The van der Waals surface area contributed by atoms with Crippen LogP contribution in [-0.2, 0) is 0 Å². The molecular formula is C14H14F2N2O. The third-order valence-corrected chi connectivity index (χ3v) is 2.79. The first-order valence-corrected chi connectivity index (χ1v) is 5.68. The Morgan fingerprint density at radius 2 is 1.89 bits per heavy atom. The lowest BCUT2D eigenvalue weighted by atomic mass is 10.2. The average molecular weight is 264 g/mol. The fourth-order valence-corrected chi connectivity index (χ4v) is 1.70. The van der Waals surface area contributed by atoms with E-state index in [1.54, 1.807) is 25.1 Å². The molecule has 0 aliphatic heterocycles. The average Bonchev–Trinajstić information content (AvgIpc) is 2.41. The molecule has 0 aliphatic carbocycles. The standard InChI is InChI=1S/C14H14F2N2O/c1-8-3-5-10(15)14(13(8)16)18-9-4-6-11(17)12(7-9)19-2/h3-7,18H,17H2,1-2H3. The minimum absolute atomic E-state index is 0.188. The number of nitrogen functional groups attached to an aromatic ring is 1. The van der Waals surface area contributed by atoms with Crippen LogP contribution in [0.4, 0.5) is 25.8 Å². The second-order valence-electron chi connectivity index (χ2n) is 4.13. The molecule has 100 valence electrons. The summed E-state index contributed by atoms with van der Waals surface area (Å²) in [6, 6.07) is 7.41. The molecule has 0 saturated carbocycles. The fourth-order valence-electron chi connectivity index (χ4n) is 1.70. The number of nitrogens with one attached hydrogen (secondary N) is 1. The van der Waals surface area contributed by atoms with Gasteiger partial charge >= 0.3 is 0 Å². The summed E-state index contributed by atoms with van der Waals surface area (Å²) in [7, 11) is 1.48. The van der Waals surface area contributed by atoms with E-state index < -0.39 is 11.6 Å². The number of anilines is 3. The van der Waals surface area contributed by atoms with Crippen molar-refractivity contribution in [2.24, 2.45) is 0 Å². The number of benzene rings is 2. The van der Waals surface area contributed by atoms with Gasteiger partial charge in [0, 0.05) is 11.8 Å². The number of nitrogens with two attached hydrogens (primary N) is 1. The van der Waals surface area contributed by atoms with Crippen molar-refractivity contribution in [1.29, 1.82) is 0 Å². The van der Waals surface area contributed by atoms with Crippen LogP contribution in [-0.4, -0.2) is 7.11 Å². The van der Waals surface area contributed by atoms with Gasteiger partial charge in [-0.25, -0.2) is 8.78 Å². The van der Waals surface area contributed by atoms with Gasteiger partial charge in [0.2, 0.25) is 0 Å². The Morgan fingerprint density at radius 3 is 2.58 bits per heavy atom. The lowest BCUT2D eigenvalue weighted by molar-refractivity contribution is 0.417. The summed E-state index contributed by atoms with van der Waals surface area (Å²) >= 11 is 0. The molecule has 0 amide bonds. The van der Waals surface area contributed by atoms with E-state index in [4.69, 9.17) is 10.5 Å². The molecule has 3 nitrogen and oxygen atoms in total. The summed E-state index contributed by atoms with van der Waals surface area (Å²) in [4.78, 5) is 0. The second-order valence-corrected chi connectivity index (χ2v) is 4.13. The van der Waals surface area contributed by atoms with Gasteiger partial charge in [-0.15, -0.1) is 0 Å². The van der Waals surface area contributed by atoms with Crippen LogP contribution in [0.5, 0.6) is 5.75 Å². The number of hydrogen-bond donors (Lipinski definition) is 2. The lowest BCUT2D eigenvalue weighted by Crippen LogP contribution is -2.00. The Balaban J connectivity index is 2.39. The molecule has 2 aromatic carbocycles. The zero-order valence-electron chi connectivity index (χ0n) is 10.6. The van der Waals surface area contributed by atoms with Crippen molar-refractivity contribution < 1.29 is 13.5 Å². The van der Waals surface area contributed by atoms with Crippen LogP contribution in [0.2, 0.25) is 0 Å². The molecule has 0 bridgehead atoms. The minimum Gasteiger partial charge on any atom is -0.495 e. The normalized spacial score (nSPS) is 10.3. The summed E-state index contributed by atoms with van der Waals surface area (Å²) < 4.78 is 32.5. The number of ether oxygens (including phenoxy) is 1. The van der Waals surface area contributed by atoms with E-state index in [0.717, 1.165) is 0 Å². The molecule has 0 saturated heterocycles. The lowest BCUT2D eigenvalue weighted by Gasteiger charge is -2.12. The molecule has 0 heterocycles. The highest BCUT2D eigenvalue weighted by molar-refractivity contribution is 5.67. The van der Waals surface area contributed by atoms with E-state index in [-0.39, 0.29) is 5.69 Å². The molecule has 0 radical (unpaired) electrons. The van der Waals surface area contributed by atoms with E-state index in [1.807, 2.05) is 0 Å². The topological polar surface area (TPSA) is 47.3 Å². The zero-order valence-corrected chi connectivity index (χ0v) is 10.6. The first-order chi connectivity index (χ1) is 9.02. The molecule has 2 aromatic rings. The van der Waals surface area contributed by atoms with Crippen molar-refractivity contribution in [3.8, 4) is 5.75 Å². The maximum Gasteiger partial charge on any atom is 0.152 e. The van der Waals surface area contributed by atoms with Gasteiger partial charge in [0.15, 0.2) is 5.82 Å². The maximum absolute atomic E-state index is 13.9. The number of aryl methyl sites for hydroxylation is 1. The Labute approximate surface area is 110 Å². The molecule has 0 aromatic heterocycles. The third-order valence-electron chi connectivity index (χ3n) is 2.79. The van der Waals surface area contributed by atoms with Crippen molar-refractivity contribution in [2.75, 3.05) is 18.2 Å². The molecule has 0 unspecified atom stereocenters. The van der Waals surface area contributed by atoms with Gasteiger partial charge in [0.25, 0.3) is 0 Å². The van der Waals surface area contributed by atoms with Gasteiger partial charge in [0.1, 0.15) is 17.3 Å². The van der Waals surface area contributed by atoms with Gasteiger partial charge in [-0.1, -0.05) is 6.07 Å². The molecular weight excluding hydrogens is 250 g/mol. The first kappa shape index (κ1) is 13.1. The molecule has 2 rings (SSSR count). The Morgan fingerprint density at radius 1 is 1.16 bits per heavy atom. The molecule has 0 aliphatic rings. The predicted octanol–water partition coefficient (Wildman–Crippen LogP) is 3.61. The Kier molecular flexibility index (Phi) is 3.55. The van der Waals surface area contributed by atoms with E-state index in [1.165, 1.54) is 19.2 Å². The number of hydrogen-bond acceptors (Lipinski definition) is 3. The Hall–Kier alpha value is -2.30. The van der Waals surface area contributed by atoms with E-state index >= 15 is 0 Å². The van der Waals surface area contributed by atoms with Crippen molar-refractivity contribution in [3.63, 3.8) is 0 Å². The molecule has 0 atom stereocenters. The van der Waals surface area contributed by atoms with Gasteiger partial charge in [0.05, 0.1) is 12.8 Å². The summed E-state index contributed by atoms with van der Waals surface area (Å²) in [5.41, 5.74) is 6.81. The minimum atomic E-state index is -0.654. The number of methoxy groups -OCH3 is 1. The monoisotopic (exact) mass is 264 g/mol. The van der Waals surface area contributed by atoms with Crippen LogP contribution in [0.25, 0.3) is 0 Å².